The summed E-state index contributed by atoms with van der Waals surface area (Å²) in [5.41, 5.74) is 11.1. The van der Waals surface area contributed by atoms with Crippen molar-refractivity contribution in [1.29, 1.82) is 0 Å². The third-order valence-corrected chi connectivity index (χ3v) is 2.33. The minimum atomic E-state index is -0.743. The lowest BCUT2D eigenvalue weighted by molar-refractivity contribution is -0.147. The van der Waals surface area contributed by atoms with Crippen molar-refractivity contribution in [3.8, 4) is 0 Å². The average molecular weight is 228 g/mol. The van der Waals surface area contributed by atoms with Crippen LogP contribution in [0, 0.1) is 0 Å². The molecule has 0 aromatic carbocycles. The fourth-order valence-corrected chi connectivity index (χ4v) is 1.42. The molecule has 1 saturated heterocycles. The average Bonchev–Trinajstić information content (AvgIpc) is 2.75. The Morgan fingerprint density at radius 3 is 2.88 bits per heavy atom. The van der Waals surface area contributed by atoms with Crippen LogP contribution < -0.4 is 11.5 Å². The maximum absolute atomic E-state index is 11.4. The molecule has 4 N–H and O–H groups in total. The molecule has 0 amide bonds. The number of carbonyl (C=O) groups is 1. The Balaban J connectivity index is 2.22. The maximum atomic E-state index is 11.4. The van der Waals surface area contributed by atoms with Crippen molar-refractivity contribution >= 4 is 5.97 Å². The zero-order valence-corrected chi connectivity index (χ0v) is 9.59. The lowest BCUT2D eigenvalue weighted by atomic mass is 10.2. The predicted octanol–water partition coefficient (Wildman–Crippen LogP) is -0.0607. The SMILES string of the molecule is CC(N)/C=C\C(N)C(=O)OCC1CCCO1. The molecule has 1 aliphatic rings. The molecule has 16 heavy (non-hydrogen) atoms. The summed E-state index contributed by atoms with van der Waals surface area (Å²) in [5, 5.41) is 0. The lowest BCUT2D eigenvalue weighted by Crippen LogP contribution is -2.32. The molecule has 0 aromatic heterocycles. The van der Waals surface area contributed by atoms with Crippen LogP contribution in [0.15, 0.2) is 12.2 Å². The highest BCUT2D eigenvalue weighted by atomic mass is 16.6. The minimum Gasteiger partial charge on any atom is -0.462 e. The molecule has 1 fully saturated rings. The van der Waals surface area contributed by atoms with E-state index in [-0.39, 0.29) is 12.1 Å². The van der Waals surface area contributed by atoms with Gasteiger partial charge < -0.3 is 20.9 Å². The fourth-order valence-electron chi connectivity index (χ4n) is 1.42. The van der Waals surface area contributed by atoms with E-state index in [9.17, 15) is 4.79 Å². The van der Waals surface area contributed by atoms with Gasteiger partial charge in [-0.1, -0.05) is 12.2 Å². The molecule has 0 aliphatic carbocycles. The molecule has 3 atom stereocenters. The first-order valence-electron chi connectivity index (χ1n) is 5.57. The van der Waals surface area contributed by atoms with Gasteiger partial charge in [0.15, 0.2) is 0 Å². The van der Waals surface area contributed by atoms with Gasteiger partial charge in [-0.15, -0.1) is 0 Å². The summed E-state index contributed by atoms with van der Waals surface area (Å²) in [5.74, 6) is -0.438. The van der Waals surface area contributed by atoms with Gasteiger partial charge >= 0.3 is 5.97 Å². The summed E-state index contributed by atoms with van der Waals surface area (Å²) < 4.78 is 10.4. The van der Waals surface area contributed by atoms with Crippen LogP contribution in [0.5, 0.6) is 0 Å². The van der Waals surface area contributed by atoms with Gasteiger partial charge in [-0.3, -0.25) is 4.79 Å². The van der Waals surface area contributed by atoms with Gasteiger partial charge in [0.05, 0.1) is 6.10 Å². The second-order valence-electron chi connectivity index (χ2n) is 4.03. The van der Waals surface area contributed by atoms with E-state index >= 15 is 0 Å². The van der Waals surface area contributed by atoms with Crippen LogP contribution >= 0.6 is 0 Å². The Morgan fingerprint density at radius 1 is 1.56 bits per heavy atom. The van der Waals surface area contributed by atoms with Crippen molar-refractivity contribution in [1.82, 2.24) is 0 Å². The molecule has 0 spiro atoms. The molecule has 0 saturated carbocycles. The lowest BCUT2D eigenvalue weighted by Gasteiger charge is -2.12. The molecule has 0 radical (unpaired) electrons. The van der Waals surface area contributed by atoms with Crippen LogP contribution in [0.1, 0.15) is 19.8 Å². The number of ether oxygens (including phenoxy) is 2. The summed E-state index contributed by atoms with van der Waals surface area (Å²) in [6.45, 7) is 2.85. The van der Waals surface area contributed by atoms with Gasteiger partial charge in [-0.05, 0) is 19.8 Å². The number of hydrogen-bond acceptors (Lipinski definition) is 5. The highest BCUT2D eigenvalue weighted by Gasteiger charge is 2.19. The smallest absolute Gasteiger partial charge is 0.327 e. The molecular formula is C11H20N2O3. The van der Waals surface area contributed by atoms with Crippen molar-refractivity contribution in [2.45, 2.75) is 38.0 Å². The van der Waals surface area contributed by atoms with Crippen LogP contribution in [-0.2, 0) is 14.3 Å². The molecule has 1 aliphatic heterocycles. The van der Waals surface area contributed by atoms with Gasteiger partial charge in [0.2, 0.25) is 0 Å². The van der Waals surface area contributed by atoms with Gasteiger partial charge in [0.25, 0.3) is 0 Å². The monoisotopic (exact) mass is 228 g/mol. The predicted molar refractivity (Wildman–Crippen MR) is 60.7 cm³/mol. The van der Waals surface area contributed by atoms with Crippen molar-refractivity contribution in [2.24, 2.45) is 11.5 Å². The number of rotatable bonds is 5. The number of esters is 1. The van der Waals surface area contributed by atoms with Gasteiger partial charge in [0, 0.05) is 12.6 Å². The standard InChI is InChI=1S/C11H20N2O3/c1-8(12)4-5-10(13)11(14)16-7-9-3-2-6-15-9/h4-5,8-10H,2-3,6-7,12-13H2,1H3/b5-4-. The van der Waals surface area contributed by atoms with Crippen LogP contribution in [0.3, 0.4) is 0 Å². The van der Waals surface area contributed by atoms with E-state index in [1.165, 1.54) is 0 Å². The van der Waals surface area contributed by atoms with Crippen LogP contribution in [0.25, 0.3) is 0 Å². The highest BCUT2D eigenvalue weighted by Crippen LogP contribution is 2.12. The second kappa shape index (κ2) is 6.62. The molecule has 92 valence electrons. The number of hydrogen-bond donors (Lipinski definition) is 2. The topological polar surface area (TPSA) is 87.6 Å². The van der Waals surface area contributed by atoms with Crippen LogP contribution in [0.2, 0.25) is 0 Å². The number of nitrogens with two attached hydrogens (primary N) is 2. The summed E-state index contributed by atoms with van der Waals surface area (Å²) in [6, 6.07) is -0.857. The third kappa shape index (κ3) is 4.74. The van der Waals surface area contributed by atoms with Gasteiger partial charge in [-0.2, -0.15) is 0 Å². The second-order valence-corrected chi connectivity index (χ2v) is 4.03. The Labute approximate surface area is 95.8 Å². The summed E-state index contributed by atoms with van der Waals surface area (Å²) in [4.78, 5) is 11.4. The first-order chi connectivity index (χ1) is 7.59. The van der Waals surface area contributed by atoms with Crippen molar-refractivity contribution in [3.05, 3.63) is 12.2 Å². The van der Waals surface area contributed by atoms with E-state index in [0.29, 0.717) is 6.61 Å². The van der Waals surface area contributed by atoms with E-state index in [0.717, 1.165) is 19.4 Å². The molecule has 5 heteroatoms. The fraction of sp³-hybridized carbons (Fsp3) is 0.727. The molecule has 0 aromatic rings. The van der Waals surface area contributed by atoms with E-state index in [2.05, 4.69) is 0 Å². The summed E-state index contributed by atoms with van der Waals surface area (Å²) in [6.07, 6.45) is 5.24. The van der Waals surface area contributed by atoms with Crippen molar-refractivity contribution in [2.75, 3.05) is 13.2 Å². The molecule has 1 heterocycles. The Kier molecular flexibility index (Phi) is 5.45. The van der Waals surface area contributed by atoms with E-state index in [4.69, 9.17) is 20.9 Å². The molecule has 3 unspecified atom stereocenters. The van der Waals surface area contributed by atoms with Gasteiger partial charge in [-0.25, -0.2) is 0 Å². The van der Waals surface area contributed by atoms with Gasteiger partial charge in [0.1, 0.15) is 12.6 Å². The zero-order chi connectivity index (χ0) is 12.0. The van der Waals surface area contributed by atoms with E-state index in [1.54, 1.807) is 19.1 Å². The van der Waals surface area contributed by atoms with Crippen molar-refractivity contribution in [3.63, 3.8) is 0 Å². The number of carbonyl (C=O) groups excluding carboxylic acids is 1. The van der Waals surface area contributed by atoms with Crippen LogP contribution in [-0.4, -0.2) is 37.4 Å². The van der Waals surface area contributed by atoms with E-state index < -0.39 is 12.0 Å². The van der Waals surface area contributed by atoms with Crippen molar-refractivity contribution < 1.29 is 14.3 Å². The summed E-state index contributed by atoms with van der Waals surface area (Å²) in [7, 11) is 0. The molecule has 5 nitrogen and oxygen atoms in total. The first kappa shape index (κ1) is 13.2. The Morgan fingerprint density at radius 2 is 2.31 bits per heavy atom. The Bertz CT molecular complexity index is 248. The van der Waals surface area contributed by atoms with Crippen LogP contribution in [0.4, 0.5) is 0 Å². The third-order valence-electron chi connectivity index (χ3n) is 2.33. The quantitative estimate of drug-likeness (QED) is 0.508. The minimum absolute atomic E-state index is 0.0357. The maximum Gasteiger partial charge on any atom is 0.327 e. The molecule has 1 rings (SSSR count). The largest absolute Gasteiger partial charge is 0.462 e. The first-order valence-corrected chi connectivity index (χ1v) is 5.57. The molecular weight excluding hydrogens is 208 g/mol. The highest BCUT2D eigenvalue weighted by molar-refractivity contribution is 5.77. The zero-order valence-electron chi connectivity index (χ0n) is 9.59. The normalized spacial score (nSPS) is 24.6. The molecule has 0 bridgehead atoms. The Hall–Kier alpha value is -0.910. The van der Waals surface area contributed by atoms with E-state index in [1.807, 2.05) is 0 Å². The summed E-state index contributed by atoms with van der Waals surface area (Å²) >= 11 is 0.